The molecule has 9 nitrogen and oxygen atoms in total. The second kappa shape index (κ2) is 10.9. The summed E-state index contributed by atoms with van der Waals surface area (Å²) in [5.41, 5.74) is 3.92. The number of hydrogen-bond donors (Lipinski definition) is 2. The van der Waals surface area contributed by atoms with Gasteiger partial charge in [0.1, 0.15) is 5.60 Å². The van der Waals surface area contributed by atoms with Crippen molar-refractivity contribution < 1.29 is 24.2 Å². The summed E-state index contributed by atoms with van der Waals surface area (Å²) in [6.07, 6.45) is 1.57. The van der Waals surface area contributed by atoms with Gasteiger partial charge in [-0.05, 0) is 74.7 Å². The Morgan fingerprint density at radius 2 is 1.51 bits per heavy atom. The molecule has 37 heavy (non-hydrogen) atoms. The van der Waals surface area contributed by atoms with E-state index in [1.165, 1.54) is 4.90 Å². The fraction of sp³-hybridized carbons (Fsp3) is 0.393. The van der Waals surface area contributed by atoms with E-state index in [4.69, 9.17) is 9.84 Å². The van der Waals surface area contributed by atoms with Gasteiger partial charge in [0.15, 0.2) is 0 Å². The molecule has 2 heterocycles. The molecule has 0 bridgehead atoms. The lowest BCUT2D eigenvalue weighted by Crippen LogP contribution is -2.48. The Bertz CT molecular complexity index is 1160. The van der Waals surface area contributed by atoms with Crippen molar-refractivity contribution in [1.29, 1.82) is 0 Å². The van der Waals surface area contributed by atoms with Gasteiger partial charge in [-0.15, -0.1) is 0 Å². The lowest BCUT2D eigenvalue weighted by molar-refractivity contribution is 0.0270. The van der Waals surface area contributed by atoms with Crippen molar-refractivity contribution in [1.82, 2.24) is 9.80 Å². The number of rotatable bonds is 4. The van der Waals surface area contributed by atoms with Gasteiger partial charge in [-0.3, -0.25) is 4.79 Å². The number of nitrogens with one attached hydrogen (secondary N) is 1. The van der Waals surface area contributed by atoms with E-state index in [-0.39, 0.29) is 12.0 Å². The zero-order valence-electron chi connectivity index (χ0n) is 21.6. The summed E-state index contributed by atoms with van der Waals surface area (Å²) in [4.78, 5) is 41.4. The van der Waals surface area contributed by atoms with Crippen LogP contribution in [0.15, 0.2) is 54.6 Å². The molecule has 196 valence electrons. The van der Waals surface area contributed by atoms with Gasteiger partial charge in [-0.25, -0.2) is 9.59 Å². The molecule has 1 fully saturated rings. The number of carbonyl (C=O) groups is 3. The zero-order valence-corrected chi connectivity index (χ0v) is 21.6. The number of anilines is 2. The maximum atomic E-state index is 12.8. The highest BCUT2D eigenvalue weighted by molar-refractivity contribution is 6.04. The van der Waals surface area contributed by atoms with E-state index in [0.717, 1.165) is 23.2 Å². The van der Waals surface area contributed by atoms with Crippen LogP contribution in [0.1, 0.15) is 43.1 Å². The number of piperazine rings is 1. The molecule has 2 aromatic rings. The molecule has 0 unspecified atom stereocenters. The molecule has 9 heteroatoms. The first-order valence-electron chi connectivity index (χ1n) is 12.5. The van der Waals surface area contributed by atoms with Gasteiger partial charge in [0, 0.05) is 56.2 Å². The standard InChI is InChI=1S/C28H34N4O5/c1-28(2,3)37-27(36)32-14-12-21(13-15-32)20-4-6-22(7-5-20)25(33)29-23-8-10-24(11-9-23)30-16-18-31(19-17-30)26(34)35/h4-12H,13-19H2,1-3H3,(H,29,33)(H,34,35). The quantitative estimate of drug-likeness (QED) is 0.620. The summed E-state index contributed by atoms with van der Waals surface area (Å²) >= 11 is 0. The van der Waals surface area contributed by atoms with Crippen LogP contribution in [0.4, 0.5) is 21.0 Å². The predicted molar refractivity (Wildman–Crippen MR) is 143 cm³/mol. The fourth-order valence-electron chi connectivity index (χ4n) is 4.37. The monoisotopic (exact) mass is 506 g/mol. The molecule has 2 aliphatic rings. The molecule has 2 aliphatic heterocycles. The summed E-state index contributed by atoms with van der Waals surface area (Å²) in [6.45, 7) is 8.89. The van der Waals surface area contributed by atoms with Crippen LogP contribution in [0.5, 0.6) is 0 Å². The molecule has 1 saturated heterocycles. The van der Waals surface area contributed by atoms with Crippen molar-refractivity contribution in [2.24, 2.45) is 0 Å². The molecule has 0 aromatic heterocycles. The lowest BCUT2D eigenvalue weighted by Gasteiger charge is -2.34. The molecule has 3 amide bonds. The Morgan fingerprint density at radius 3 is 2.05 bits per heavy atom. The fourth-order valence-corrected chi connectivity index (χ4v) is 4.37. The first-order chi connectivity index (χ1) is 17.6. The van der Waals surface area contributed by atoms with Crippen LogP contribution in [0.3, 0.4) is 0 Å². The average molecular weight is 507 g/mol. The Balaban J connectivity index is 1.30. The molecule has 0 aliphatic carbocycles. The van der Waals surface area contributed by atoms with Gasteiger partial charge in [0.2, 0.25) is 0 Å². The molecular weight excluding hydrogens is 472 g/mol. The minimum atomic E-state index is -0.883. The van der Waals surface area contributed by atoms with Crippen molar-refractivity contribution in [2.75, 3.05) is 49.5 Å². The van der Waals surface area contributed by atoms with Crippen molar-refractivity contribution >= 4 is 35.0 Å². The van der Waals surface area contributed by atoms with Crippen LogP contribution in [-0.4, -0.2) is 77.9 Å². The lowest BCUT2D eigenvalue weighted by atomic mass is 9.98. The van der Waals surface area contributed by atoms with Gasteiger partial charge in [-0.2, -0.15) is 0 Å². The molecule has 0 atom stereocenters. The Morgan fingerprint density at radius 1 is 0.865 bits per heavy atom. The molecule has 0 radical (unpaired) electrons. The molecule has 4 rings (SSSR count). The smallest absolute Gasteiger partial charge is 0.410 e. The Kier molecular flexibility index (Phi) is 7.71. The topological polar surface area (TPSA) is 102 Å². The third-order valence-corrected chi connectivity index (χ3v) is 6.42. The number of ether oxygens (including phenoxy) is 1. The van der Waals surface area contributed by atoms with Gasteiger partial charge >= 0.3 is 12.2 Å². The van der Waals surface area contributed by atoms with Crippen molar-refractivity contribution in [3.8, 4) is 0 Å². The van der Waals surface area contributed by atoms with E-state index in [1.807, 2.05) is 75.4 Å². The van der Waals surface area contributed by atoms with E-state index < -0.39 is 11.7 Å². The van der Waals surface area contributed by atoms with Crippen LogP contribution >= 0.6 is 0 Å². The summed E-state index contributed by atoms with van der Waals surface area (Å²) in [5, 5.41) is 12.0. The number of carboxylic acid groups (broad SMARTS) is 1. The van der Waals surface area contributed by atoms with E-state index >= 15 is 0 Å². The third-order valence-electron chi connectivity index (χ3n) is 6.42. The van der Waals surface area contributed by atoms with Crippen molar-refractivity contribution in [2.45, 2.75) is 32.8 Å². The van der Waals surface area contributed by atoms with Gasteiger partial charge in [0.05, 0.1) is 0 Å². The largest absolute Gasteiger partial charge is 0.465 e. The van der Waals surface area contributed by atoms with E-state index in [1.54, 1.807) is 4.90 Å². The third kappa shape index (κ3) is 6.81. The van der Waals surface area contributed by atoms with Gasteiger partial charge < -0.3 is 29.9 Å². The summed E-state index contributed by atoms with van der Waals surface area (Å²) in [5.74, 6) is -0.192. The molecular formula is C28H34N4O5. The first kappa shape index (κ1) is 26.1. The van der Waals surface area contributed by atoms with E-state index in [2.05, 4.69) is 10.2 Å². The van der Waals surface area contributed by atoms with Gasteiger partial charge in [-0.1, -0.05) is 18.2 Å². The molecule has 2 N–H and O–H groups in total. The van der Waals surface area contributed by atoms with Crippen LogP contribution in [0, 0.1) is 0 Å². The second-order valence-electron chi connectivity index (χ2n) is 10.2. The average Bonchev–Trinajstić information content (AvgIpc) is 2.88. The summed E-state index contributed by atoms with van der Waals surface area (Å²) in [6, 6.07) is 15.1. The first-order valence-corrected chi connectivity index (χ1v) is 12.5. The highest BCUT2D eigenvalue weighted by Crippen LogP contribution is 2.25. The van der Waals surface area contributed by atoms with Crippen LogP contribution in [0.2, 0.25) is 0 Å². The minimum Gasteiger partial charge on any atom is -0.465 e. The second-order valence-corrected chi connectivity index (χ2v) is 10.2. The summed E-state index contributed by atoms with van der Waals surface area (Å²) in [7, 11) is 0. The Labute approximate surface area is 217 Å². The number of nitrogens with zero attached hydrogens (tertiary/aromatic N) is 3. The van der Waals surface area contributed by atoms with Crippen LogP contribution in [-0.2, 0) is 4.74 Å². The highest BCUT2D eigenvalue weighted by atomic mass is 16.6. The molecule has 2 aromatic carbocycles. The molecule has 0 spiro atoms. The zero-order chi connectivity index (χ0) is 26.6. The maximum absolute atomic E-state index is 12.8. The van der Waals surface area contributed by atoms with Crippen LogP contribution < -0.4 is 10.2 Å². The van der Waals surface area contributed by atoms with Crippen molar-refractivity contribution in [3.05, 3.63) is 65.7 Å². The predicted octanol–water partition coefficient (Wildman–Crippen LogP) is 4.76. The number of benzene rings is 2. The number of amides is 3. The minimum absolute atomic E-state index is 0.192. The maximum Gasteiger partial charge on any atom is 0.410 e. The van der Waals surface area contributed by atoms with Crippen molar-refractivity contribution in [3.63, 3.8) is 0 Å². The van der Waals surface area contributed by atoms with Crippen LogP contribution in [0.25, 0.3) is 5.57 Å². The normalized spacial score (nSPS) is 16.2. The summed E-state index contributed by atoms with van der Waals surface area (Å²) < 4.78 is 5.45. The molecule has 0 saturated carbocycles. The van der Waals surface area contributed by atoms with E-state index in [0.29, 0.717) is 50.5 Å². The number of carbonyl (C=O) groups excluding carboxylic acids is 2. The number of hydrogen-bond acceptors (Lipinski definition) is 5. The SMILES string of the molecule is CC(C)(C)OC(=O)N1CC=C(c2ccc(C(=O)Nc3ccc(N4CCN(C(=O)O)CC4)cc3)cc2)CC1. The van der Waals surface area contributed by atoms with Gasteiger partial charge in [0.25, 0.3) is 5.91 Å². The Hall–Kier alpha value is -4.01. The highest BCUT2D eigenvalue weighted by Gasteiger charge is 2.24. The van der Waals surface area contributed by atoms with E-state index in [9.17, 15) is 14.4 Å².